The van der Waals surface area contributed by atoms with E-state index in [0.717, 1.165) is 20.6 Å². The molecule has 0 radical (unpaired) electrons. The van der Waals surface area contributed by atoms with Crippen LogP contribution in [0.25, 0.3) is 10.2 Å². The fraction of sp³-hybridized carbons (Fsp3) is 0.211. The van der Waals surface area contributed by atoms with Gasteiger partial charge in [0.25, 0.3) is 0 Å². The van der Waals surface area contributed by atoms with Crippen molar-refractivity contribution < 1.29 is 13.2 Å². The van der Waals surface area contributed by atoms with E-state index in [1.807, 2.05) is 24.3 Å². The Morgan fingerprint density at radius 1 is 1.11 bits per heavy atom. The molecule has 4 nitrogen and oxygen atoms in total. The number of benzene rings is 2. The molecule has 0 spiro atoms. The summed E-state index contributed by atoms with van der Waals surface area (Å²) in [6, 6.07) is 11.9. The predicted octanol–water partition coefficient (Wildman–Crippen LogP) is 5.38. The highest BCUT2D eigenvalue weighted by Gasteiger charge is 2.21. The molecule has 0 bridgehead atoms. The minimum Gasteiger partial charge on any atom is -0.425 e. The van der Waals surface area contributed by atoms with Crippen LogP contribution >= 0.6 is 23.1 Å². The summed E-state index contributed by atoms with van der Waals surface area (Å²) in [5.74, 6) is -0.232. The van der Waals surface area contributed by atoms with Gasteiger partial charge in [-0.25, -0.2) is 13.8 Å². The number of thiazole rings is 1. The lowest BCUT2D eigenvalue weighted by Crippen LogP contribution is -2.07. The molecule has 4 rings (SSSR count). The second kappa shape index (κ2) is 7.74. The second-order valence-electron chi connectivity index (χ2n) is 6.07. The van der Waals surface area contributed by atoms with Crippen LogP contribution in [-0.2, 0) is 6.42 Å². The normalized spacial score (nSPS) is 12.6. The third kappa shape index (κ3) is 4.17. The van der Waals surface area contributed by atoms with E-state index in [4.69, 9.17) is 4.42 Å². The van der Waals surface area contributed by atoms with Gasteiger partial charge in [-0.3, -0.25) is 0 Å². The highest BCUT2D eigenvalue weighted by atomic mass is 32.2. The molecule has 1 unspecified atom stereocenters. The molecule has 0 N–H and O–H groups in total. The van der Waals surface area contributed by atoms with Crippen molar-refractivity contribution in [2.75, 3.05) is 5.75 Å². The maximum absolute atomic E-state index is 13.6. The summed E-state index contributed by atoms with van der Waals surface area (Å²) in [6.07, 6.45) is 0.469. The Bertz CT molecular complexity index is 1050. The van der Waals surface area contributed by atoms with Gasteiger partial charge in [-0.05, 0) is 36.2 Å². The zero-order chi connectivity index (χ0) is 18.8. The first-order valence-electron chi connectivity index (χ1n) is 8.31. The Balaban J connectivity index is 1.54. The molecule has 0 saturated carbocycles. The molecule has 8 heteroatoms. The van der Waals surface area contributed by atoms with Crippen LogP contribution in [0.1, 0.15) is 23.3 Å². The molecule has 0 aliphatic rings. The molecule has 0 aliphatic heterocycles. The maximum atomic E-state index is 13.6. The zero-order valence-corrected chi connectivity index (χ0v) is 16.0. The first-order chi connectivity index (χ1) is 13.1. The summed E-state index contributed by atoms with van der Waals surface area (Å²) in [4.78, 5) is 4.62. The van der Waals surface area contributed by atoms with Gasteiger partial charge in [-0.15, -0.1) is 21.5 Å². The molecule has 0 saturated heterocycles. The second-order valence-corrected chi connectivity index (χ2v) is 8.37. The van der Waals surface area contributed by atoms with Crippen molar-refractivity contribution in [3.8, 4) is 0 Å². The van der Waals surface area contributed by atoms with Crippen molar-refractivity contribution >= 4 is 33.3 Å². The fourth-order valence-corrected chi connectivity index (χ4v) is 4.90. The molecular formula is C19H15F2N3OS2. The predicted molar refractivity (Wildman–Crippen MR) is 102 cm³/mol. The van der Waals surface area contributed by atoms with Gasteiger partial charge in [-0.2, -0.15) is 0 Å². The molecule has 0 fully saturated rings. The van der Waals surface area contributed by atoms with Crippen LogP contribution in [0.15, 0.2) is 51.2 Å². The summed E-state index contributed by atoms with van der Waals surface area (Å²) < 4.78 is 34.4. The maximum Gasteiger partial charge on any atom is 0.220 e. The molecule has 2 heterocycles. The summed E-state index contributed by atoms with van der Waals surface area (Å²) in [7, 11) is 0. The standard InChI is InChI=1S/C19H15F2N3OS2/c1-11-23-24-18(25-11)13(8-12-6-7-14(20)15(21)9-12)10-26-19-22-16-4-2-3-5-17(16)27-19/h2-7,9,13H,8,10H2,1H3. The van der Waals surface area contributed by atoms with E-state index in [1.54, 1.807) is 36.1 Å². The molecule has 0 amide bonds. The zero-order valence-electron chi connectivity index (χ0n) is 14.4. The minimum absolute atomic E-state index is 0.131. The molecule has 138 valence electrons. The van der Waals surface area contributed by atoms with Gasteiger partial charge in [0, 0.05) is 12.7 Å². The Kier molecular flexibility index (Phi) is 5.18. The summed E-state index contributed by atoms with van der Waals surface area (Å²) in [5.41, 5.74) is 1.65. The SMILES string of the molecule is Cc1nnc(C(CSc2nc3ccccc3s2)Cc2ccc(F)c(F)c2)o1. The van der Waals surface area contributed by atoms with E-state index in [2.05, 4.69) is 15.2 Å². The van der Waals surface area contributed by atoms with E-state index in [1.165, 1.54) is 6.07 Å². The van der Waals surface area contributed by atoms with Gasteiger partial charge in [0.15, 0.2) is 16.0 Å². The molecule has 1 atom stereocenters. The number of rotatable bonds is 6. The largest absolute Gasteiger partial charge is 0.425 e. The van der Waals surface area contributed by atoms with Crippen LogP contribution in [0.2, 0.25) is 0 Å². The summed E-state index contributed by atoms with van der Waals surface area (Å²) >= 11 is 3.22. The Morgan fingerprint density at radius 3 is 2.70 bits per heavy atom. The Hall–Kier alpha value is -2.32. The number of nitrogens with zero attached hydrogens (tertiary/aromatic N) is 3. The lowest BCUT2D eigenvalue weighted by Gasteiger charge is -2.12. The van der Waals surface area contributed by atoms with Gasteiger partial charge in [0.05, 0.1) is 16.1 Å². The average Bonchev–Trinajstić information content (AvgIpc) is 3.27. The number of hydrogen-bond acceptors (Lipinski definition) is 6. The van der Waals surface area contributed by atoms with E-state index in [0.29, 0.717) is 29.5 Å². The molecule has 2 aromatic heterocycles. The van der Waals surface area contributed by atoms with Crippen LogP contribution < -0.4 is 0 Å². The van der Waals surface area contributed by atoms with E-state index >= 15 is 0 Å². The van der Waals surface area contributed by atoms with Crippen molar-refractivity contribution in [1.82, 2.24) is 15.2 Å². The molecule has 2 aromatic carbocycles. The highest BCUT2D eigenvalue weighted by Crippen LogP contribution is 2.33. The van der Waals surface area contributed by atoms with Crippen LogP contribution in [0.3, 0.4) is 0 Å². The molecule has 27 heavy (non-hydrogen) atoms. The van der Waals surface area contributed by atoms with Gasteiger partial charge in [-0.1, -0.05) is 30.0 Å². The quantitative estimate of drug-likeness (QED) is 0.404. The van der Waals surface area contributed by atoms with Crippen LogP contribution in [0.4, 0.5) is 8.78 Å². The number of thioether (sulfide) groups is 1. The first kappa shape index (κ1) is 18.1. The molecular weight excluding hydrogens is 388 g/mol. The van der Waals surface area contributed by atoms with Crippen molar-refractivity contribution in [2.45, 2.75) is 23.6 Å². The fourth-order valence-electron chi connectivity index (χ4n) is 2.73. The number of fused-ring (bicyclic) bond motifs is 1. The number of halogens is 2. The highest BCUT2D eigenvalue weighted by molar-refractivity contribution is 8.01. The third-order valence-electron chi connectivity index (χ3n) is 4.04. The van der Waals surface area contributed by atoms with Crippen LogP contribution in [-0.4, -0.2) is 20.9 Å². The molecule has 4 aromatic rings. The van der Waals surface area contributed by atoms with Crippen molar-refractivity contribution in [2.24, 2.45) is 0 Å². The number of para-hydroxylation sites is 1. The van der Waals surface area contributed by atoms with Crippen molar-refractivity contribution in [3.63, 3.8) is 0 Å². The van der Waals surface area contributed by atoms with Gasteiger partial charge >= 0.3 is 0 Å². The Labute approximate surface area is 162 Å². The van der Waals surface area contributed by atoms with Gasteiger partial charge in [0.2, 0.25) is 11.8 Å². The van der Waals surface area contributed by atoms with Crippen LogP contribution in [0.5, 0.6) is 0 Å². The van der Waals surface area contributed by atoms with Crippen LogP contribution in [0, 0.1) is 18.6 Å². The van der Waals surface area contributed by atoms with Gasteiger partial charge in [0.1, 0.15) is 0 Å². The van der Waals surface area contributed by atoms with Crippen molar-refractivity contribution in [1.29, 1.82) is 0 Å². The molecule has 0 aliphatic carbocycles. The van der Waals surface area contributed by atoms with E-state index in [-0.39, 0.29) is 5.92 Å². The first-order valence-corrected chi connectivity index (χ1v) is 10.1. The lowest BCUT2D eigenvalue weighted by atomic mass is 10.0. The minimum atomic E-state index is -0.855. The third-order valence-corrected chi connectivity index (χ3v) is 6.38. The smallest absolute Gasteiger partial charge is 0.220 e. The number of hydrogen-bond donors (Lipinski definition) is 0. The summed E-state index contributed by atoms with van der Waals surface area (Å²) in [5, 5.41) is 8.02. The Morgan fingerprint density at radius 2 is 1.96 bits per heavy atom. The van der Waals surface area contributed by atoms with E-state index < -0.39 is 11.6 Å². The number of aromatic nitrogens is 3. The van der Waals surface area contributed by atoms with Gasteiger partial charge < -0.3 is 4.42 Å². The van der Waals surface area contributed by atoms with Crippen molar-refractivity contribution in [3.05, 3.63) is 71.4 Å². The topological polar surface area (TPSA) is 51.8 Å². The summed E-state index contributed by atoms with van der Waals surface area (Å²) in [6.45, 7) is 1.73. The number of aryl methyl sites for hydroxylation is 1. The monoisotopic (exact) mass is 403 g/mol. The average molecular weight is 403 g/mol. The van der Waals surface area contributed by atoms with E-state index in [9.17, 15) is 8.78 Å². The lowest BCUT2D eigenvalue weighted by molar-refractivity contribution is 0.438.